The van der Waals surface area contributed by atoms with Gasteiger partial charge in [0.15, 0.2) is 0 Å². The third-order valence-electron chi connectivity index (χ3n) is 3.33. The minimum Gasteiger partial charge on any atom is -0.382 e. The zero-order chi connectivity index (χ0) is 15.4. The lowest BCUT2D eigenvalue weighted by molar-refractivity contribution is -0.131. The van der Waals surface area contributed by atoms with Crippen molar-refractivity contribution in [2.24, 2.45) is 5.16 Å². The Balaban J connectivity index is 1.55. The number of aromatic nitrogens is 1. The number of oxime groups is 1. The number of carbonyl (C=O) groups is 1. The lowest BCUT2D eigenvalue weighted by Gasteiger charge is -2.09. The van der Waals surface area contributed by atoms with Gasteiger partial charge in [-0.05, 0) is 29.3 Å². The molecule has 3 rings (SSSR count). The summed E-state index contributed by atoms with van der Waals surface area (Å²) in [6.07, 6.45) is 3.26. The molecule has 1 aromatic carbocycles. The molecule has 1 aromatic heterocycles. The number of nitrogens with one attached hydrogen (secondary N) is 1. The molecule has 1 amide bonds. The largest absolute Gasteiger partial charge is 0.382 e. The van der Waals surface area contributed by atoms with Crippen molar-refractivity contribution in [2.75, 3.05) is 0 Å². The normalized spacial score (nSPS) is 16.8. The summed E-state index contributed by atoms with van der Waals surface area (Å²) in [6.45, 7) is 0.419. The van der Waals surface area contributed by atoms with Gasteiger partial charge in [0, 0.05) is 30.4 Å². The molecule has 2 aromatic rings. The zero-order valence-electron chi connectivity index (χ0n) is 11.7. The van der Waals surface area contributed by atoms with Gasteiger partial charge in [0.05, 0.1) is 5.71 Å². The molecule has 1 aliphatic rings. The molecule has 1 N–H and O–H groups in total. The van der Waals surface area contributed by atoms with Gasteiger partial charge in [-0.25, -0.2) is 0 Å². The maximum atomic E-state index is 12.1. The molecule has 0 bridgehead atoms. The molecule has 0 spiro atoms. The first kappa shape index (κ1) is 14.5. The third-order valence-corrected chi connectivity index (χ3v) is 3.58. The highest BCUT2D eigenvalue weighted by Crippen LogP contribution is 2.18. The average Bonchev–Trinajstić information content (AvgIpc) is 3.04. The Kier molecular flexibility index (Phi) is 4.34. The minimum absolute atomic E-state index is 0.184. The summed E-state index contributed by atoms with van der Waals surface area (Å²) in [7, 11) is 0. The molecule has 0 fully saturated rings. The lowest BCUT2D eigenvalue weighted by Crippen LogP contribution is -2.34. The Bertz CT molecular complexity index is 686. The zero-order valence-corrected chi connectivity index (χ0v) is 12.5. The molecule has 0 aliphatic carbocycles. The number of hydrogen-bond donors (Lipinski definition) is 1. The van der Waals surface area contributed by atoms with Crippen molar-refractivity contribution >= 4 is 23.2 Å². The fourth-order valence-electron chi connectivity index (χ4n) is 2.14. The Morgan fingerprint density at radius 2 is 2.14 bits per heavy atom. The molecular formula is C16H14ClN3O2. The van der Waals surface area contributed by atoms with Gasteiger partial charge in [-0.1, -0.05) is 35.0 Å². The maximum absolute atomic E-state index is 12.1. The molecule has 0 radical (unpaired) electrons. The SMILES string of the molecule is O=C(NCc1cccnc1)[C@@H]1CC(c2ccc(Cl)cc2)=NO1. The number of nitrogens with zero attached hydrogens (tertiary/aromatic N) is 2. The van der Waals surface area contributed by atoms with Crippen LogP contribution in [0.1, 0.15) is 17.5 Å². The molecular weight excluding hydrogens is 302 g/mol. The van der Waals surface area contributed by atoms with Gasteiger partial charge >= 0.3 is 0 Å². The molecule has 1 aliphatic heterocycles. The van der Waals surface area contributed by atoms with E-state index >= 15 is 0 Å². The van der Waals surface area contributed by atoms with Crippen molar-refractivity contribution in [1.82, 2.24) is 10.3 Å². The first-order chi connectivity index (χ1) is 10.7. The fraction of sp³-hybridized carbons (Fsp3) is 0.188. The summed E-state index contributed by atoms with van der Waals surface area (Å²) in [5.74, 6) is -0.184. The van der Waals surface area contributed by atoms with Gasteiger partial charge in [-0.3, -0.25) is 9.78 Å². The molecule has 5 nitrogen and oxygen atoms in total. The highest BCUT2D eigenvalue weighted by Gasteiger charge is 2.28. The van der Waals surface area contributed by atoms with Crippen LogP contribution < -0.4 is 5.32 Å². The number of rotatable bonds is 4. The molecule has 22 heavy (non-hydrogen) atoms. The highest BCUT2D eigenvalue weighted by molar-refractivity contribution is 6.30. The van der Waals surface area contributed by atoms with Crippen molar-refractivity contribution in [2.45, 2.75) is 19.1 Å². The number of amides is 1. The van der Waals surface area contributed by atoms with Gasteiger partial charge in [-0.2, -0.15) is 0 Å². The van der Waals surface area contributed by atoms with Gasteiger partial charge < -0.3 is 10.2 Å². The predicted molar refractivity (Wildman–Crippen MR) is 83.6 cm³/mol. The van der Waals surface area contributed by atoms with E-state index in [1.165, 1.54) is 0 Å². The van der Waals surface area contributed by atoms with Crippen LogP contribution in [-0.2, 0) is 16.2 Å². The summed E-state index contributed by atoms with van der Waals surface area (Å²) in [4.78, 5) is 21.3. The van der Waals surface area contributed by atoms with E-state index in [0.29, 0.717) is 18.0 Å². The lowest BCUT2D eigenvalue weighted by atomic mass is 10.0. The van der Waals surface area contributed by atoms with Crippen molar-refractivity contribution in [3.63, 3.8) is 0 Å². The standard InChI is InChI=1S/C16H14ClN3O2/c17-13-5-3-12(4-6-13)14-8-15(22-20-14)16(21)19-10-11-2-1-7-18-9-11/h1-7,9,15H,8,10H2,(H,19,21)/t15-/m0/s1. The van der Waals surface area contributed by atoms with Crippen molar-refractivity contribution < 1.29 is 9.63 Å². The van der Waals surface area contributed by atoms with Crippen molar-refractivity contribution in [3.8, 4) is 0 Å². The molecule has 112 valence electrons. The quantitative estimate of drug-likeness (QED) is 0.943. The second-order valence-electron chi connectivity index (χ2n) is 4.92. The van der Waals surface area contributed by atoms with Crippen LogP contribution in [0.4, 0.5) is 0 Å². The van der Waals surface area contributed by atoms with Crippen molar-refractivity contribution in [1.29, 1.82) is 0 Å². The van der Waals surface area contributed by atoms with E-state index in [1.807, 2.05) is 24.3 Å². The van der Waals surface area contributed by atoms with Crippen LogP contribution in [0.25, 0.3) is 0 Å². The maximum Gasteiger partial charge on any atom is 0.264 e. The van der Waals surface area contributed by atoms with Crippen LogP contribution in [0.3, 0.4) is 0 Å². The number of hydrogen-bond acceptors (Lipinski definition) is 4. The number of benzene rings is 1. The highest BCUT2D eigenvalue weighted by atomic mass is 35.5. The van der Waals surface area contributed by atoms with Gasteiger partial charge in [-0.15, -0.1) is 0 Å². The van der Waals surface area contributed by atoms with Crippen LogP contribution in [0.2, 0.25) is 5.02 Å². The van der Waals surface area contributed by atoms with E-state index in [0.717, 1.165) is 16.8 Å². The molecule has 1 atom stereocenters. The van der Waals surface area contributed by atoms with E-state index < -0.39 is 6.10 Å². The van der Waals surface area contributed by atoms with E-state index in [1.54, 1.807) is 24.5 Å². The summed E-state index contributed by atoms with van der Waals surface area (Å²) >= 11 is 5.86. The summed E-state index contributed by atoms with van der Waals surface area (Å²) in [5, 5.41) is 7.48. The molecule has 2 heterocycles. The second kappa shape index (κ2) is 6.58. The monoisotopic (exact) mass is 315 g/mol. The van der Waals surface area contributed by atoms with E-state index in [-0.39, 0.29) is 5.91 Å². The summed E-state index contributed by atoms with van der Waals surface area (Å²) in [6, 6.07) is 11.0. The Labute approximate surface area is 133 Å². The number of pyridine rings is 1. The van der Waals surface area contributed by atoms with Gasteiger partial charge in [0.2, 0.25) is 6.10 Å². The molecule has 0 unspecified atom stereocenters. The van der Waals surface area contributed by atoms with E-state index in [9.17, 15) is 4.79 Å². The smallest absolute Gasteiger partial charge is 0.264 e. The van der Waals surface area contributed by atoms with Gasteiger partial charge in [0.25, 0.3) is 5.91 Å². The second-order valence-corrected chi connectivity index (χ2v) is 5.36. The Morgan fingerprint density at radius 3 is 2.86 bits per heavy atom. The molecule has 0 saturated heterocycles. The molecule has 0 saturated carbocycles. The van der Waals surface area contributed by atoms with Crippen LogP contribution in [0, 0.1) is 0 Å². The Hall–Kier alpha value is -2.40. The minimum atomic E-state index is -0.595. The van der Waals surface area contributed by atoms with Crippen LogP contribution in [0.15, 0.2) is 53.9 Å². The number of carbonyl (C=O) groups excluding carboxylic acids is 1. The van der Waals surface area contributed by atoms with E-state index in [2.05, 4.69) is 15.5 Å². The fourth-order valence-corrected chi connectivity index (χ4v) is 2.26. The first-order valence-electron chi connectivity index (χ1n) is 6.87. The van der Waals surface area contributed by atoms with E-state index in [4.69, 9.17) is 16.4 Å². The van der Waals surface area contributed by atoms with Crippen LogP contribution in [-0.4, -0.2) is 22.7 Å². The van der Waals surface area contributed by atoms with Gasteiger partial charge in [0.1, 0.15) is 0 Å². The average molecular weight is 316 g/mol. The third kappa shape index (κ3) is 3.43. The van der Waals surface area contributed by atoms with Crippen LogP contribution in [0.5, 0.6) is 0 Å². The van der Waals surface area contributed by atoms with Crippen LogP contribution >= 0.6 is 11.6 Å². The summed E-state index contributed by atoms with van der Waals surface area (Å²) < 4.78 is 0. The topological polar surface area (TPSA) is 63.6 Å². The first-order valence-corrected chi connectivity index (χ1v) is 7.25. The Morgan fingerprint density at radius 1 is 1.32 bits per heavy atom. The predicted octanol–water partition coefficient (Wildman–Crippen LogP) is 2.54. The molecule has 6 heteroatoms. The summed E-state index contributed by atoms with van der Waals surface area (Å²) in [5.41, 5.74) is 2.60. The number of halogens is 1. The van der Waals surface area contributed by atoms with Crippen molar-refractivity contribution in [3.05, 3.63) is 64.9 Å².